The summed E-state index contributed by atoms with van der Waals surface area (Å²) in [6.07, 6.45) is 0. The third-order valence-corrected chi connectivity index (χ3v) is 7.27. The predicted molar refractivity (Wildman–Crippen MR) is 127 cm³/mol. The molecule has 0 spiro atoms. The monoisotopic (exact) mass is 477 g/mol. The molecule has 4 rings (SSSR count). The predicted octanol–water partition coefficient (Wildman–Crippen LogP) is 6.20. The van der Waals surface area contributed by atoms with E-state index in [0.29, 0.717) is 10.0 Å². The number of thioether (sulfide) groups is 2. The maximum Gasteiger partial charge on any atom is 0.190 e. The zero-order chi connectivity index (χ0) is 20.8. The molecule has 1 aromatic heterocycles. The Morgan fingerprint density at radius 2 is 1.67 bits per heavy atom. The Hall–Kier alpha value is -1.44. The number of morpholine rings is 1. The van der Waals surface area contributed by atoms with Crippen LogP contribution in [-0.4, -0.2) is 36.3 Å². The standard InChI is InChI=1S/C22H21Cl2N3OS2/c23-19-7-6-16(12-20(19)24)14-30-22-25-17(15-29-18-4-2-1-3-5-18)13-21(26-22)27-8-10-28-11-9-27/h1-7,12-13H,8-11,14-15H2. The zero-order valence-corrected chi connectivity index (χ0v) is 19.4. The minimum atomic E-state index is 0.566. The van der Waals surface area contributed by atoms with Crippen molar-refractivity contribution in [1.29, 1.82) is 0 Å². The summed E-state index contributed by atoms with van der Waals surface area (Å²) < 4.78 is 5.50. The number of hydrogen-bond donors (Lipinski definition) is 0. The van der Waals surface area contributed by atoms with E-state index in [0.717, 1.165) is 60.0 Å². The lowest BCUT2D eigenvalue weighted by Gasteiger charge is -2.28. The lowest BCUT2D eigenvalue weighted by atomic mass is 10.2. The van der Waals surface area contributed by atoms with E-state index in [4.69, 9.17) is 37.9 Å². The summed E-state index contributed by atoms with van der Waals surface area (Å²) in [5, 5.41) is 1.91. The molecule has 8 heteroatoms. The summed E-state index contributed by atoms with van der Waals surface area (Å²) in [5.74, 6) is 2.49. The zero-order valence-electron chi connectivity index (χ0n) is 16.3. The average molecular weight is 478 g/mol. The van der Waals surface area contributed by atoms with Crippen LogP contribution in [0.5, 0.6) is 0 Å². The molecule has 156 valence electrons. The molecule has 0 saturated carbocycles. The van der Waals surface area contributed by atoms with Gasteiger partial charge in [-0.25, -0.2) is 9.97 Å². The lowest BCUT2D eigenvalue weighted by molar-refractivity contribution is 0.122. The van der Waals surface area contributed by atoms with Crippen molar-refractivity contribution in [3.63, 3.8) is 0 Å². The van der Waals surface area contributed by atoms with E-state index in [1.165, 1.54) is 4.90 Å². The summed E-state index contributed by atoms with van der Waals surface area (Å²) in [6, 6.07) is 18.2. The number of aromatic nitrogens is 2. The van der Waals surface area contributed by atoms with Crippen LogP contribution in [0.2, 0.25) is 10.0 Å². The number of rotatable bonds is 7. The highest BCUT2D eigenvalue weighted by molar-refractivity contribution is 7.98. The first-order valence-corrected chi connectivity index (χ1v) is 12.4. The molecule has 2 aromatic carbocycles. The van der Waals surface area contributed by atoms with Crippen LogP contribution in [0, 0.1) is 0 Å². The van der Waals surface area contributed by atoms with Gasteiger partial charge in [0.25, 0.3) is 0 Å². The van der Waals surface area contributed by atoms with Crippen LogP contribution in [-0.2, 0) is 16.2 Å². The van der Waals surface area contributed by atoms with Crippen molar-refractivity contribution >= 4 is 52.5 Å². The van der Waals surface area contributed by atoms with Crippen LogP contribution in [0.4, 0.5) is 5.82 Å². The van der Waals surface area contributed by atoms with Gasteiger partial charge in [0.1, 0.15) is 5.82 Å². The normalized spacial score (nSPS) is 14.1. The highest BCUT2D eigenvalue weighted by Gasteiger charge is 2.15. The van der Waals surface area contributed by atoms with Gasteiger partial charge >= 0.3 is 0 Å². The van der Waals surface area contributed by atoms with Crippen LogP contribution in [0.1, 0.15) is 11.3 Å². The Morgan fingerprint density at radius 3 is 2.43 bits per heavy atom. The molecule has 4 nitrogen and oxygen atoms in total. The molecule has 30 heavy (non-hydrogen) atoms. The maximum atomic E-state index is 6.15. The van der Waals surface area contributed by atoms with Crippen LogP contribution in [0.15, 0.2) is 64.6 Å². The molecule has 3 aromatic rings. The first kappa shape index (κ1) is 21.8. The number of nitrogens with zero attached hydrogens (tertiary/aromatic N) is 3. The third kappa shape index (κ3) is 6.05. The molecule has 0 radical (unpaired) electrons. The Bertz CT molecular complexity index is 985. The lowest BCUT2D eigenvalue weighted by Crippen LogP contribution is -2.37. The minimum Gasteiger partial charge on any atom is -0.378 e. The van der Waals surface area contributed by atoms with Crippen molar-refractivity contribution < 1.29 is 4.74 Å². The molecular weight excluding hydrogens is 457 g/mol. The topological polar surface area (TPSA) is 38.2 Å². The van der Waals surface area contributed by atoms with Crippen molar-refractivity contribution in [2.45, 2.75) is 21.6 Å². The molecule has 0 aliphatic carbocycles. The Kier molecular flexibility index (Phi) is 7.79. The van der Waals surface area contributed by atoms with Crippen LogP contribution < -0.4 is 4.90 Å². The molecule has 1 aliphatic rings. The minimum absolute atomic E-state index is 0.566. The van der Waals surface area contributed by atoms with E-state index in [1.54, 1.807) is 23.5 Å². The van der Waals surface area contributed by atoms with E-state index in [2.05, 4.69) is 35.2 Å². The Balaban J connectivity index is 1.52. The second-order valence-corrected chi connectivity index (χ2v) is 9.54. The quantitative estimate of drug-likeness (QED) is 0.297. The van der Waals surface area contributed by atoms with Crippen molar-refractivity contribution in [1.82, 2.24) is 9.97 Å². The molecule has 0 unspecified atom stereocenters. The highest BCUT2D eigenvalue weighted by Crippen LogP contribution is 2.29. The number of hydrogen-bond acceptors (Lipinski definition) is 6. The molecular formula is C22H21Cl2N3OS2. The van der Waals surface area contributed by atoms with Gasteiger partial charge < -0.3 is 9.64 Å². The molecule has 1 aliphatic heterocycles. The van der Waals surface area contributed by atoms with Gasteiger partial charge in [0.15, 0.2) is 5.16 Å². The van der Waals surface area contributed by atoms with Crippen molar-refractivity contribution in [2.24, 2.45) is 0 Å². The van der Waals surface area contributed by atoms with Crippen LogP contribution in [0.3, 0.4) is 0 Å². The SMILES string of the molecule is Clc1ccc(CSc2nc(CSc3ccccc3)cc(N3CCOCC3)n2)cc1Cl. The summed E-state index contributed by atoms with van der Waals surface area (Å²) in [7, 11) is 0. The van der Waals surface area contributed by atoms with Gasteiger partial charge in [-0.05, 0) is 29.8 Å². The second kappa shape index (κ2) is 10.7. The number of halogens is 2. The third-order valence-electron chi connectivity index (χ3n) is 4.56. The molecule has 0 amide bonds. The molecule has 1 fully saturated rings. The number of anilines is 1. The van der Waals surface area contributed by atoms with Gasteiger partial charge in [-0.1, -0.05) is 59.2 Å². The Labute approximate surface area is 195 Å². The fraction of sp³-hybridized carbons (Fsp3) is 0.273. The molecule has 2 heterocycles. The summed E-state index contributed by atoms with van der Waals surface area (Å²) in [6.45, 7) is 3.14. The molecule has 0 bridgehead atoms. The van der Waals surface area contributed by atoms with Gasteiger partial charge in [-0.2, -0.15) is 0 Å². The largest absolute Gasteiger partial charge is 0.378 e. The molecule has 0 N–H and O–H groups in total. The highest BCUT2D eigenvalue weighted by atomic mass is 35.5. The van der Waals surface area contributed by atoms with Crippen molar-refractivity contribution in [3.05, 3.63) is 75.9 Å². The van der Waals surface area contributed by atoms with Crippen LogP contribution in [0.25, 0.3) is 0 Å². The number of benzene rings is 2. The van der Waals surface area contributed by atoms with E-state index >= 15 is 0 Å². The summed E-state index contributed by atoms with van der Waals surface area (Å²) in [5.41, 5.74) is 2.12. The summed E-state index contributed by atoms with van der Waals surface area (Å²) in [4.78, 5) is 13.1. The smallest absolute Gasteiger partial charge is 0.190 e. The Morgan fingerprint density at radius 1 is 0.867 bits per heavy atom. The van der Waals surface area contributed by atoms with Gasteiger partial charge in [0.2, 0.25) is 0 Å². The fourth-order valence-electron chi connectivity index (χ4n) is 3.00. The molecule has 0 atom stereocenters. The fourth-order valence-corrected chi connectivity index (χ4v) is 4.95. The first-order chi connectivity index (χ1) is 14.7. The average Bonchev–Trinajstić information content (AvgIpc) is 2.80. The van der Waals surface area contributed by atoms with Gasteiger partial charge in [0.05, 0.1) is 29.0 Å². The van der Waals surface area contributed by atoms with Crippen molar-refractivity contribution in [3.8, 4) is 0 Å². The first-order valence-electron chi connectivity index (χ1n) is 9.62. The molecule has 1 saturated heterocycles. The number of ether oxygens (including phenoxy) is 1. The second-order valence-electron chi connectivity index (χ2n) is 6.74. The van der Waals surface area contributed by atoms with E-state index in [-0.39, 0.29) is 0 Å². The maximum absolute atomic E-state index is 6.15. The van der Waals surface area contributed by atoms with Gasteiger partial charge in [-0.15, -0.1) is 11.8 Å². The van der Waals surface area contributed by atoms with Crippen LogP contribution >= 0.6 is 46.7 Å². The van der Waals surface area contributed by atoms with Crippen molar-refractivity contribution in [2.75, 3.05) is 31.2 Å². The van der Waals surface area contributed by atoms with Gasteiger partial charge in [-0.3, -0.25) is 0 Å². The van der Waals surface area contributed by atoms with E-state index in [9.17, 15) is 0 Å². The van der Waals surface area contributed by atoms with E-state index < -0.39 is 0 Å². The van der Waals surface area contributed by atoms with Gasteiger partial charge in [0, 0.05) is 35.6 Å². The summed E-state index contributed by atoms with van der Waals surface area (Å²) >= 11 is 15.6. The van der Waals surface area contributed by atoms with E-state index in [1.807, 2.05) is 24.3 Å².